The Morgan fingerprint density at radius 3 is 1.73 bits per heavy atom. The van der Waals surface area contributed by atoms with E-state index in [0.717, 1.165) is 28.1 Å². The van der Waals surface area contributed by atoms with Gasteiger partial charge in [-0.25, -0.2) is 4.57 Å². The largest absolute Gasteiger partial charge is 0.496 e. The summed E-state index contributed by atoms with van der Waals surface area (Å²) in [5.41, 5.74) is 3.12. The van der Waals surface area contributed by atoms with Crippen molar-refractivity contribution in [3.63, 3.8) is 0 Å². The molecule has 0 radical (unpaired) electrons. The highest BCUT2D eigenvalue weighted by atomic mass is 32.7. The molecule has 0 aliphatic heterocycles. The second-order valence-electron chi connectivity index (χ2n) is 9.32. The molecule has 0 heterocycles. The van der Waals surface area contributed by atoms with Crippen LogP contribution in [0.15, 0.2) is 101 Å². The summed E-state index contributed by atoms with van der Waals surface area (Å²) < 4.78 is 61.0. The third kappa shape index (κ3) is 9.48. The number of hydrogen-bond acceptors (Lipinski definition) is 9. The van der Waals surface area contributed by atoms with Crippen molar-refractivity contribution in [2.75, 3.05) is 28.4 Å². The fourth-order valence-corrected chi connectivity index (χ4v) is 8.26. The first-order valence-electron chi connectivity index (χ1n) is 13.5. The van der Waals surface area contributed by atoms with Gasteiger partial charge in [0.15, 0.2) is 0 Å². The first-order chi connectivity index (χ1) is 21.4. The lowest BCUT2D eigenvalue weighted by atomic mass is 10.1. The molecule has 0 aromatic heterocycles. The monoisotopic (exact) mass is 654 g/mol. The van der Waals surface area contributed by atoms with Crippen molar-refractivity contribution in [3.8, 4) is 23.0 Å². The number of benzene rings is 4. The number of rotatable bonds is 16. The van der Waals surface area contributed by atoms with E-state index < -0.39 is 17.6 Å². The van der Waals surface area contributed by atoms with Gasteiger partial charge in [0.25, 0.3) is 0 Å². The highest BCUT2D eigenvalue weighted by molar-refractivity contribution is 8.55. The van der Waals surface area contributed by atoms with E-state index >= 15 is 0 Å². The summed E-state index contributed by atoms with van der Waals surface area (Å²) in [6.07, 6.45) is 1.70. The van der Waals surface area contributed by atoms with Crippen LogP contribution in [0.5, 0.6) is 23.0 Å². The minimum Gasteiger partial charge on any atom is -0.496 e. The molecule has 0 fully saturated rings. The zero-order chi connectivity index (χ0) is 31.4. The summed E-state index contributed by atoms with van der Waals surface area (Å²) >= 11 is 0.970. The van der Waals surface area contributed by atoms with Crippen LogP contribution in [0.3, 0.4) is 0 Å². The quantitative estimate of drug-likeness (QED) is 0.111. The molecule has 1 unspecified atom stereocenters. The van der Waals surface area contributed by atoms with Crippen LogP contribution < -0.4 is 18.9 Å². The van der Waals surface area contributed by atoms with E-state index in [1.807, 2.05) is 66.7 Å². The SMILES string of the molecule is COc1cc(OC)c(C=CS(=O)Cc2ccc(OC)c(SP(=O)(OCc3ccccc3)OCc3ccccc3)c2)c(OC)c1. The number of ether oxygens (including phenoxy) is 4. The van der Waals surface area contributed by atoms with Crippen LogP contribution in [0.1, 0.15) is 22.3 Å². The molecule has 0 bridgehead atoms. The van der Waals surface area contributed by atoms with E-state index in [9.17, 15) is 8.77 Å². The predicted molar refractivity (Wildman–Crippen MR) is 176 cm³/mol. The molecule has 232 valence electrons. The molecular weight excluding hydrogens is 619 g/mol. The van der Waals surface area contributed by atoms with Crippen LogP contribution in [-0.2, 0) is 43.4 Å². The molecule has 0 aliphatic rings. The van der Waals surface area contributed by atoms with Crippen LogP contribution in [0, 0.1) is 0 Å². The molecule has 0 saturated carbocycles. The van der Waals surface area contributed by atoms with Gasteiger partial charge in [0.1, 0.15) is 23.0 Å². The lowest BCUT2D eigenvalue weighted by Crippen LogP contribution is -1.98. The van der Waals surface area contributed by atoms with Crippen molar-refractivity contribution in [2.45, 2.75) is 23.9 Å². The molecule has 44 heavy (non-hydrogen) atoms. The molecule has 0 saturated heterocycles. The average Bonchev–Trinajstić information content (AvgIpc) is 3.06. The second kappa shape index (κ2) is 16.5. The highest BCUT2D eigenvalue weighted by Crippen LogP contribution is 2.65. The van der Waals surface area contributed by atoms with Gasteiger partial charge in [0, 0.05) is 17.5 Å². The Morgan fingerprint density at radius 2 is 1.23 bits per heavy atom. The van der Waals surface area contributed by atoms with E-state index in [2.05, 4.69) is 0 Å². The van der Waals surface area contributed by atoms with Crippen molar-refractivity contribution in [3.05, 3.63) is 119 Å². The minimum atomic E-state index is -3.74. The molecule has 1 atom stereocenters. The average molecular weight is 655 g/mol. The summed E-state index contributed by atoms with van der Waals surface area (Å²) in [5.74, 6) is 2.34. The summed E-state index contributed by atoms with van der Waals surface area (Å²) in [5, 5.41) is 1.58. The summed E-state index contributed by atoms with van der Waals surface area (Å²) in [6, 6.07) is 27.8. The maximum absolute atomic E-state index is 14.1. The van der Waals surface area contributed by atoms with Crippen molar-refractivity contribution in [1.82, 2.24) is 0 Å². The Balaban J connectivity index is 1.54. The summed E-state index contributed by atoms with van der Waals surface area (Å²) in [7, 11) is 4.79. The Hall–Kier alpha value is -3.53. The molecule has 4 rings (SSSR count). The summed E-state index contributed by atoms with van der Waals surface area (Å²) in [4.78, 5) is 0.550. The molecule has 0 amide bonds. The van der Waals surface area contributed by atoms with E-state index in [-0.39, 0.29) is 19.0 Å². The van der Waals surface area contributed by atoms with Crippen LogP contribution in [-0.4, -0.2) is 32.6 Å². The predicted octanol–water partition coefficient (Wildman–Crippen LogP) is 8.27. The van der Waals surface area contributed by atoms with Gasteiger partial charge in [-0.1, -0.05) is 66.7 Å². The molecule has 4 aromatic carbocycles. The number of methoxy groups -OCH3 is 4. The molecule has 8 nitrogen and oxygen atoms in total. The highest BCUT2D eigenvalue weighted by Gasteiger charge is 2.29. The van der Waals surface area contributed by atoms with Gasteiger partial charge in [0.05, 0.1) is 68.7 Å². The summed E-state index contributed by atoms with van der Waals surface area (Å²) in [6.45, 7) is -3.52. The lowest BCUT2D eigenvalue weighted by Gasteiger charge is -2.19. The standard InChI is InChI=1S/C33H35O8PS2/c1-36-28-20-31(38-3)29(32(21-28)39-4)17-18-44(35)24-27-15-16-30(37-2)33(19-27)43-42(34,40-22-25-11-7-5-8-12-25)41-23-26-13-9-6-10-14-26/h5-21H,22-24H2,1-4H3. The number of hydrogen-bond donors (Lipinski definition) is 0. The first kappa shape index (κ1) is 33.4. The van der Waals surface area contributed by atoms with Crippen LogP contribution in [0.25, 0.3) is 6.08 Å². The van der Waals surface area contributed by atoms with E-state index in [1.54, 1.807) is 57.1 Å². The smallest absolute Gasteiger partial charge is 0.394 e. The Bertz CT molecular complexity index is 1540. The van der Waals surface area contributed by atoms with Crippen LogP contribution in [0.2, 0.25) is 0 Å². The van der Waals surface area contributed by atoms with Gasteiger partial charge in [-0.15, -0.1) is 0 Å². The molecule has 0 N–H and O–H groups in total. The van der Waals surface area contributed by atoms with Crippen molar-refractivity contribution >= 4 is 35.1 Å². The van der Waals surface area contributed by atoms with Crippen molar-refractivity contribution in [1.29, 1.82) is 0 Å². The van der Waals surface area contributed by atoms with Crippen molar-refractivity contribution < 1.29 is 36.8 Å². The fraction of sp³-hybridized carbons (Fsp3) is 0.212. The topological polar surface area (TPSA) is 89.5 Å². The fourth-order valence-electron chi connectivity index (χ4n) is 4.10. The maximum Gasteiger partial charge on any atom is 0.394 e. The first-order valence-corrected chi connectivity index (χ1v) is 17.9. The molecule has 0 aliphatic carbocycles. The van der Waals surface area contributed by atoms with Crippen LogP contribution >= 0.6 is 18.2 Å². The molecule has 0 spiro atoms. The Labute approximate surface area is 265 Å². The third-order valence-electron chi connectivity index (χ3n) is 6.35. The van der Waals surface area contributed by atoms with Gasteiger partial charge in [-0.05, 0) is 46.3 Å². The van der Waals surface area contributed by atoms with Crippen LogP contribution in [0.4, 0.5) is 0 Å². The normalized spacial score (nSPS) is 12.2. The minimum absolute atomic E-state index is 0.106. The lowest BCUT2D eigenvalue weighted by molar-refractivity contribution is 0.206. The molecular formula is C33H35O8PS2. The van der Waals surface area contributed by atoms with E-state index in [0.29, 0.717) is 33.5 Å². The van der Waals surface area contributed by atoms with E-state index in [1.165, 1.54) is 7.11 Å². The third-order valence-corrected chi connectivity index (χ3v) is 10.9. The zero-order valence-corrected chi connectivity index (χ0v) is 27.5. The van der Waals surface area contributed by atoms with Gasteiger partial charge in [-0.2, -0.15) is 0 Å². The Kier molecular flexibility index (Phi) is 12.5. The van der Waals surface area contributed by atoms with Gasteiger partial charge in [-0.3, -0.25) is 13.3 Å². The van der Waals surface area contributed by atoms with Gasteiger partial charge >= 0.3 is 6.80 Å². The van der Waals surface area contributed by atoms with Gasteiger partial charge < -0.3 is 18.9 Å². The molecule has 4 aromatic rings. The van der Waals surface area contributed by atoms with E-state index in [4.69, 9.17) is 28.0 Å². The van der Waals surface area contributed by atoms with Crippen molar-refractivity contribution in [2.24, 2.45) is 0 Å². The maximum atomic E-state index is 14.1. The molecule has 11 heteroatoms. The second-order valence-corrected chi connectivity index (χ2v) is 14.6. The van der Waals surface area contributed by atoms with Gasteiger partial charge in [0.2, 0.25) is 0 Å². The Morgan fingerprint density at radius 1 is 0.682 bits per heavy atom. The zero-order valence-electron chi connectivity index (χ0n) is 25.0.